The van der Waals surface area contributed by atoms with E-state index in [1.54, 1.807) is 0 Å². The van der Waals surface area contributed by atoms with Crippen molar-refractivity contribution in [1.29, 1.82) is 0 Å². The molecule has 2 rings (SSSR count). The van der Waals surface area contributed by atoms with Gasteiger partial charge in [-0.1, -0.05) is 38.3 Å². The Kier molecular flexibility index (Phi) is 6.26. The van der Waals surface area contributed by atoms with Crippen molar-refractivity contribution in [3.8, 4) is 5.75 Å². The average Bonchev–Trinajstić information content (AvgIpc) is 2.49. The minimum Gasteiger partial charge on any atom is -0.494 e. The molecule has 0 saturated heterocycles. The minimum atomic E-state index is 0.767. The Bertz CT molecular complexity index is 335. The molecule has 0 spiro atoms. The lowest BCUT2D eigenvalue weighted by molar-refractivity contribution is 0.305. The number of rotatable bonds is 7. The molecule has 1 aliphatic rings. The first-order valence-electron chi connectivity index (χ1n) is 7.94. The maximum atomic E-state index is 5.79. The van der Waals surface area contributed by atoms with Crippen LogP contribution in [-0.4, -0.2) is 6.61 Å². The molecule has 0 heterocycles. The van der Waals surface area contributed by atoms with Crippen molar-refractivity contribution in [1.82, 2.24) is 0 Å². The fraction of sp³-hybridized carbons (Fsp3) is 0.611. The van der Waals surface area contributed by atoms with E-state index in [0.717, 1.165) is 18.3 Å². The third-order valence-corrected chi connectivity index (χ3v) is 4.06. The van der Waals surface area contributed by atoms with Gasteiger partial charge in [0.05, 0.1) is 6.61 Å². The summed E-state index contributed by atoms with van der Waals surface area (Å²) in [5.74, 6) is 1.80. The quantitative estimate of drug-likeness (QED) is 0.587. The second-order valence-corrected chi connectivity index (χ2v) is 5.62. The van der Waals surface area contributed by atoms with Gasteiger partial charge in [0.25, 0.3) is 0 Å². The van der Waals surface area contributed by atoms with E-state index in [2.05, 4.69) is 37.6 Å². The van der Waals surface area contributed by atoms with Crippen molar-refractivity contribution in [2.24, 2.45) is 0 Å². The van der Waals surface area contributed by atoms with Crippen molar-refractivity contribution in [2.75, 3.05) is 6.61 Å². The molecule has 1 radical (unpaired) electrons. The Morgan fingerprint density at radius 2 is 1.74 bits per heavy atom. The number of unbranched alkanes of at least 4 members (excludes halogenated alkanes) is 3. The van der Waals surface area contributed by atoms with E-state index in [1.165, 1.54) is 56.9 Å². The zero-order valence-corrected chi connectivity index (χ0v) is 12.2. The van der Waals surface area contributed by atoms with E-state index in [9.17, 15) is 0 Å². The second-order valence-electron chi connectivity index (χ2n) is 5.62. The molecule has 1 aliphatic carbocycles. The van der Waals surface area contributed by atoms with E-state index in [1.807, 2.05) is 0 Å². The van der Waals surface area contributed by atoms with Crippen molar-refractivity contribution in [3.63, 3.8) is 0 Å². The SMILES string of the molecule is CCCCCCOc1ccc(C2CC[CH]CC2)cc1. The van der Waals surface area contributed by atoms with Gasteiger partial charge in [0.2, 0.25) is 0 Å². The highest BCUT2D eigenvalue weighted by Crippen LogP contribution is 2.32. The summed E-state index contributed by atoms with van der Waals surface area (Å²) in [5, 5.41) is 0. The Hall–Kier alpha value is -0.980. The third kappa shape index (κ3) is 4.89. The molecule has 1 heteroatoms. The molecule has 1 saturated carbocycles. The monoisotopic (exact) mass is 259 g/mol. The Balaban J connectivity index is 1.74. The number of benzene rings is 1. The van der Waals surface area contributed by atoms with Gasteiger partial charge in [-0.25, -0.2) is 0 Å². The predicted molar refractivity (Wildman–Crippen MR) is 81.6 cm³/mol. The number of hydrogen-bond donors (Lipinski definition) is 0. The van der Waals surface area contributed by atoms with Crippen LogP contribution in [0.5, 0.6) is 5.75 Å². The molecule has 0 atom stereocenters. The van der Waals surface area contributed by atoms with Gasteiger partial charge in [0.15, 0.2) is 0 Å². The van der Waals surface area contributed by atoms with Crippen LogP contribution in [0.4, 0.5) is 0 Å². The first-order valence-corrected chi connectivity index (χ1v) is 7.94. The predicted octanol–water partition coefficient (Wildman–Crippen LogP) is 5.51. The van der Waals surface area contributed by atoms with Gasteiger partial charge in [-0.05, 0) is 62.1 Å². The summed E-state index contributed by atoms with van der Waals surface area (Å²) >= 11 is 0. The Labute approximate surface area is 118 Å². The summed E-state index contributed by atoms with van der Waals surface area (Å²) in [6.07, 6.45) is 12.7. The zero-order chi connectivity index (χ0) is 13.3. The van der Waals surface area contributed by atoms with Crippen molar-refractivity contribution in [2.45, 2.75) is 64.2 Å². The molecule has 0 amide bonds. The summed E-state index contributed by atoms with van der Waals surface area (Å²) in [6.45, 7) is 3.10. The molecule has 1 aromatic rings. The molecule has 19 heavy (non-hydrogen) atoms. The number of hydrogen-bond acceptors (Lipinski definition) is 1. The van der Waals surface area contributed by atoms with Crippen LogP contribution in [-0.2, 0) is 0 Å². The first kappa shape index (κ1) is 14.4. The topological polar surface area (TPSA) is 9.23 Å². The third-order valence-electron chi connectivity index (χ3n) is 4.06. The van der Waals surface area contributed by atoms with E-state index in [-0.39, 0.29) is 0 Å². The first-order chi connectivity index (χ1) is 9.40. The molecular formula is C18H27O. The molecule has 1 fully saturated rings. The molecule has 0 aliphatic heterocycles. The lowest BCUT2D eigenvalue weighted by Crippen LogP contribution is -2.05. The molecular weight excluding hydrogens is 232 g/mol. The van der Waals surface area contributed by atoms with Crippen molar-refractivity contribution < 1.29 is 4.74 Å². The Morgan fingerprint density at radius 1 is 1.00 bits per heavy atom. The summed E-state index contributed by atoms with van der Waals surface area (Å²) in [5.41, 5.74) is 1.49. The molecule has 105 valence electrons. The van der Waals surface area contributed by atoms with Gasteiger partial charge >= 0.3 is 0 Å². The maximum Gasteiger partial charge on any atom is 0.119 e. The van der Waals surface area contributed by atoms with Crippen LogP contribution in [0.15, 0.2) is 24.3 Å². The fourth-order valence-electron chi connectivity index (χ4n) is 2.82. The lowest BCUT2D eigenvalue weighted by Gasteiger charge is -2.21. The highest BCUT2D eigenvalue weighted by Gasteiger charge is 2.15. The van der Waals surface area contributed by atoms with E-state index >= 15 is 0 Å². The van der Waals surface area contributed by atoms with E-state index in [0.29, 0.717) is 0 Å². The normalized spacial score (nSPS) is 16.5. The van der Waals surface area contributed by atoms with Crippen LogP contribution in [0.2, 0.25) is 0 Å². The summed E-state index contributed by atoms with van der Waals surface area (Å²) in [7, 11) is 0. The van der Waals surface area contributed by atoms with Crippen LogP contribution in [0.1, 0.15) is 69.8 Å². The average molecular weight is 259 g/mol. The van der Waals surface area contributed by atoms with Gasteiger partial charge in [0.1, 0.15) is 5.75 Å². The fourth-order valence-corrected chi connectivity index (χ4v) is 2.82. The number of ether oxygens (including phenoxy) is 1. The summed E-state index contributed by atoms with van der Waals surface area (Å²) in [6, 6.07) is 8.82. The van der Waals surface area contributed by atoms with Crippen LogP contribution >= 0.6 is 0 Å². The second kappa shape index (κ2) is 8.24. The van der Waals surface area contributed by atoms with E-state index in [4.69, 9.17) is 4.74 Å². The Morgan fingerprint density at radius 3 is 2.42 bits per heavy atom. The van der Waals surface area contributed by atoms with Crippen LogP contribution in [0.25, 0.3) is 0 Å². The molecule has 0 bridgehead atoms. The minimum absolute atomic E-state index is 0.767. The van der Waals surface area contributed by atoms with Gasteiger partial charge in [-0.2, -0.15) is 0 Å². The summed E-state index contributed by atoms with van der Waals surface area (Å²) in [4.78, 5) is 0. The largest absolute Gasteiger partial charge is 0.494 e. The maximum absolute atomic E-state index is 5.79. The zero-order valence-electron chi connectivity index (χ0n) is 12.2. The van der Waals surface area contributed by atoms with Gasteiger partial charge in [0, 0.05) is 0 Å². The lowest BCUT2D eigenvalue weighted by atomic mass is 9.84. The smallest absolute Gasteiger partial charge is 0.119 e. The van der Waals surface area contributed by atoms with Crippen LogP contribution in [0.3, 0.4) is 0 Å². The molecule has 0 aromatic heterocycles. The van der Waals surface area contributed by atoms with Crippen LogP contribution < -0.4 is 4.74 Å². The van der Waals surface area contributed by atoms with Gasteiger partial charge in [-0.3, -0.25) is 0 Å². The standard InChI is InChI=1S/C18H27O/c1-2-3-4-8-15-19-18-13-11-17(12-14-18)16-9-6-5-7-10-16/h5,11-14,16H,2-4,6-10,15H2,1H3. The van der Waals surface area contributed by atoms with Crippen LogP contribution in [0, 0.1) is 6.42 Å². The van der Waals surface area contributed by atoms with E-state index < -0.39 is 0 Å². The molecule has 1 nitrogen and oxygen atoms in total. The van der Waals surface area contributed by atoms with Gasteiger partial charge in [-0.15, -0.1) is 0 Å². The van der Waals surface area contributed by atoms with Gasteiger partial charge < -0.3 is 4.74 Å². The highest BCUT2D eigenvalue weighted by molar-refractivity contribution is 5.29. The molecule has 0 N–H and O–H groups in total. The molecule has 1 aromatic carbocycles. The molecule has 0 unspecified atom stereocenters. The van der Waals surface area contributed by atoms with Crippen molar-refractivity contribution in [3.05, 3.63) is 36.2 Å². The van der Waals surface area contributed by atoms with Crippen molar-refractivity contribution >= 4 is 0 Å². The summed E-state index contributed by atoms with van der Waals surface area (Å²) < 4.78 is 5.79. The highest BCUT2D eigenvalue weighted by atomic mass is 16.5.